The number of nitrogens with one attached hydrogen (secondary N) is 1. The Morgan fingerprint density at radius 1 is 1.06 bits per heavy atom. The summed E-state index contributed by atoms with van der Waals surface area (Å²) >= 11 is 31.8. The molecule has 1 aliphatic rings. The van der Waals surface area contributed by atoms with E-state index in [2.05, 4.69) is 11.4 Å². The maximum absolute atomic E-state index is 12.7. The fourth-order valence-electron chi connectivity index (χ4n) is 3.37. The van der Waals surface area contributed by atoms with Gasteiger partial charge in [-0.1, -0.05) is 58.0 Å². The Labute approximate surface area is 212 Å². The summed E-state index contributed by atoms with van der Waals surface area (Å²) in [7, 11) is 0. The van der Waals surface area contributed by atoms with Crippen molar-refractivity contribution in [3.63, 3.8) is 0 Å². The minimum atomic E-state index is -0.458. The smallest absolute Gasteiger partial charge is 0.292 e. The number of furan rings is 1. The first-order valence-electron chi connectivity index (χ1n) is 9.40. The van der Waals surface area contributed by atoms with Gasteiger partial charge in [-0.3, -0.25) is 4.79 Å². The van der Waals surface area contributed by atoms with E-state index in [0.29, 0.717) is 16.3 Å². The number of thiophene rings is 1. The van der Waals surface area contributed by atoms with Crippen molar-refractivity contribution < 1.29 is 13.9 Å². The lowest BCUT2D eigenvalue weighted by Gasteiger charge is -2.12. The lowest BCUT2D eigenvalue weighted by atomic mass is 9.96. The number of carbonyl (C=O) groups excluding carboxylic acids is 1. The largest absolute Gasteiger partial charge is 0.482 e. The van der Waals surface area contributed by atoms with Crippen LogP contribution in [0.5, 0.6) is 5.75 Å². The Balaban J connectivity index is 1.48. The second kappa shape index (κ2) is 9.72. The third-order valence-corrected chi connectivity index (χ3v) is 8.37. The number of hydrogen-bond donors (Lipinski definition) is 1. The van der Waals surface area contributed by atoms with Crippen molar-refractivity contribution >= 4 is 80.2 Å². The van der Waals surface area contributed by atoms with Crippen molar-refractivity contribution in [2.24, 2.45) is 0 Å². The molecular formula is C21H13Cl5N2O3S. The quantitative estimate of drug-likeness (QED) is 0.257. The number of benzene rings is 1. The molecule has 0 saturated carbocycles. The van der Waals surface area contributed by atoms with Crippen LogP contribution in [0.2, 0.25) is 25.1 Å². The minimum Gasteiger partial charge on any atom is -0.482 e. The van der Waals surface area contributed by atoms with E-state index in [1.807, 2.05) is 0 Å². The highest BCUT2D eigenvalue weighted by atomic mass is 35.5. The van der Waals surface area contributed by atoms with E-state index in [9.17, 15) is 10.1 Å². The number of nitriles is 1. The fourth-order valence-corrected chi connectivity index (χ4v) is 5.83. The Morgan fingerprint density at radius 2 is 1.72 bits per heavy atom. The van der Waals surface area contributed by atoms with E-state index in [1.165, 1.54) is 17.4 Å². The summed E-state index contributed by atoms with van der Waals surface area (Å²) in [6.07, 6.45) is 3.92. The number of anilines is 1. The lowest BCUT2D eigenvalue weighted by Crippen LogP contribution is -2.11. The molecule has 32 heavy (non-hydrogen) atoms. The third kappa shape index (κ3) is 4.43. The monoisotopic (exact) mass is 548 g/mol. The van der Waals surface area contributed by atoms with Crippen LogP contribution in [-0.2, 0) is 19.4 Å². The maximum Gasteiger partial charge on any atom is 0.292 e. The molecule has 1 amide bonds. The molecule has 0 radical (unpaired) electrons. The molecule has 1 aliphatic carbocycles. The average molecular weight is 551 g/mol. The molecule has 3 aromatic rings. The molecule has 0 aliphatic heterocycles. The molecule has 1 aromatic carbocycles. The topological polar surface area (TPSA) is 75.3 Å². The summed E-state index contributed by atoms with van der Waals surface area (Å²) in [5.41, 5.74) is 1.58. The van der Waals surface area contributed by atoms with Crippen molar-refractivity contribution in [1.82, 2.24) is 0 Å². The van der Waals surface area contributed by atoms with Gasteiger partial charge in [0.2, 0.25) is 0 Å². The summed E-state index contributed by atoms with van der Waals surface area (Å²) in [6.45, 7) is -0.0856. The number of nitrogens with zero attached hydrogens (tertiary/aromatic N) is 1. The molecule has 0 bridgehead atoms. The Bertz CT molecular complexity index is 1230. The number of hydrogen-bond acceptors (Lipinski definition) is 5. The van der Waals surface area contributed by atoms with Gasteiger partial charge in [-0.05, 0) is 43.4 Å². The fraction of sp³-hybridized carbons (Fsp3) is 0.238. The molecule has 0 fully saturated rings. The van der Waals surface area contributed by atoms with Gasteiger partial charge in [-0.15, -0.1) is 11.3 Å². The van der Waals surface area contributed by atoms with Gasteiger partial charge in [0.05, 0.1) is 20.6 Å². The van der Waals surface area contributed by atoms with Crippen LogP contribution in [0.4, 0.5) is 5.00 Å². The van der Waals surface area contributed by atoms with Crippen LogP contribution >= 0.6 is 69.3 Å². The molecule has 0 unspecified atom stereocenters. The van der Waals surface area contributed by atoms with Crippen LogP contribution in [0.1, 0.15) is 45.2 Å². The molecule has 2 heterocycles. The average Bonchev–Trinajstić information content (AvgIpc) is 3.40. The molecule has 0 atom stereocenters. The first kappa shape index (κ1) is 23.6. The van der Waals surface area contributed by atoms with Gasteiger partial charge in [-0.2, -0.15) is 5.26 Å². The van der Waals surface area contributed by atoms with Crippen LogP contribution in [0, 0.1) is 11.3 Å². The summed E-state index contributed by atoms with van der Waals surface area (Å²) in [4.78, 5) is 13.8. The van der Waals surface area contributed by atoms with Gasteiger partial charge in [0.15, 0.2) is 11.5 Å². The van der Waals surface area contributed by atoms with Gasteiger partial charge in [0, 0.05) is 4.88 Å². The summed E-state index contributed by atoms with van der Waals surface area (Å²) in [5.74, 6) is 0.0108. The molecule has 1 N–H and O–H groups in total. The Morgan fingerprint density at radius 3 is 2.41 bits per heavy atom. The van der Waals surface area contributed by atoms with Crippen LogP contribution in [-0.4, -0.2) is 5.91 Å². The first-order valence-corrected chi connectivity index (χ1v) is 12.1. The van der Waals surface area contributed by atoms with Crippen molar-refractivity contribution in [1.29, 1.82) is 5.26 Å². The number of amides is 1. The second-order valence-corrected chi connectivity index (χ2v) is 9.93. The predicted octanol–water partition coefficient (Wildman–Crippen LogP) is 8.19. The van der Waals surface area contributed by atoms with E-state index in [4.69, 9.17) is 67.2 Å². The van der Waals surface area contributed by atoms with Crippen LogP contribution in [0.25, 0.3) is 0 Å². The van der Waals surface area contributed by atoms with Gasteiger partial charge >= 0.3 is 0 Å². The summed E-state index contributed by atoms with van der Waals surface area (Å²) < 4.78 is 11.2. The normalized spacial score (nSPS) is 12.9. The van der Waals surface area contributed by atoms with Gasteiger partial charge in [0.1, 0.15) is 33.5 Å². The molecule has 2 aromatic heterocycles. The van der Waals surface area contributed by atoms with Crippen molar-refractivity contribution in [3.05, 3.63) is 64.8 Å². The number of ether oxygens (including phenoxy) is 1. The highest BCUT2D eigenvalue weighted by Gasteiger charge is 2.24. The van der Waals surface area contributed by atoms with Crippen LogP contribution in [0.3, 0.4) is 0 Å². The highest BCUT2D eigenvalue weighted by Crippen LogP contribution is 2.48. The Hall–Kier alpha value is -1.59. The van der Waals surface area contributed by atoms with Gasteiger partial charge < -0.3 is 14.5 Å². The van der Waals surface area contributed by atoms with Crippen LogP contribution < -0.4 is 10.1 Å². The van der Waals surface area contributed by atoms with Crippen molar-refractivity contribution in [2.75, 3.05) is 5.32 Å². The minimum absolute atomic E-state index is 0.0151. The van der Waals surface area contributed by atoms with E-state index < -0.39 is 5.91 Å². The number of rotatable bonds is 5. The number of aryl methyl sites for hydroxylation is 1. The number of carbonyl (C=O) groups is 1. The van der Waals surface area contributed by atoms with Crippen LogP contribution in [0.15, 0.2) is 16.5 Å². The van der Waals surface area contributed by atoms with Crippen molar-refractivity contribution in [3.8, 4) is 11.8 Å². The lowest BCUT2D eigenvalue weighted by molar-refractivity contribution is 0.0993. The molecule has 166 valence electrons. The second-order valence-electron chi connectivity index (χ2n) is 6.93. The van der Waals surface area contributed by atoms with E-state index >= 15 is 0 Å². The molecule has 0 saturated heterocycles. The molecule has 11 heteroatoms. The summed E-state index contributed by atoms with van der Waals surface area (Å²) in [6, 6.07) is 5.31. The van der Waals surface area contributed by atoms with Gasteiger partial charge in [0.25, 0.3) is 5.91 Å². The standard InChI is InChI=1S/C21H13Cl5N2O3S/c22-14-15(23)17(25)19(18(26)16(14)24)30-8-9-5-6-12(31-9)20(29)28-21-11(7-27)10-3-1-2-4-13(10)32-21/h5-6H,1-4,8H2,(H,28,29). The third-order valence-electron chi connectivity index (χ3n) is 4.92. The molecule has 5 nitrogen and oxygen atoms in total. The zero-order valence-corrected chi connectivity index (χ0v) is 20.8. The molecule has 4 rings (SSSR count). The summed E-state index contributed by atoms with van der Waals surface area (Å²) in [5, 5.41) is 13.0. The van der Waals surface area contributed by atoms with E-state index in [1.54, 1.807) is 6.07 Å². The zero-order valence-electron chi connectivity index (χ0n) is 16.2. The van der Waals surface area contributed by atoms with E-state index in [-0.39, 0.29) is 43.2 Å². The number of halogens is 5. The highest BCUT2D eigenvalue weighted by molar-refractivity contribution is 7.16. The molecule has 0 spiro atoms. The first-order chi connectivity index (χ1) is 15.3. The Kier molecular flexibility index (Phi) is 7.16. The zero-order chi connectivity index (χ0) is 23.0. The van der Waals surface area contributed by atoms with Crippen molar-refractivity contribution in [2.45, 2.75) is 32.3 Å². The van der Waals surface area contributed by atoms with Gasteiger partial charge in [-0.25, -0.2) is 0 Å². The molecular weight excluding hydrogens is 538 g/mol. The number of fused-ring (bicyclic) bond motifs is 1. The maximum atomic E-state index is 12.7. The predicted molar refractivity (Wildman–Crippen MR) is 128 cm³/mol. The van der Waals surface area contributed by atoms with E-state index in [0.717, 1.165) is 36.1 Å². The SMILES string of the molecule is N#Cc1c(NC(=O)c2ccc(COc3c(Cl)c(Cl)c(Cl)c(Cl)c3Cl)o2)sc2c1CCCC2.